The van der Waals surface area contributed by atoms with Gasteiger partial charge in [0, 0.05) is 14.5 Å². The number of nitriles is 2. The molecule has 0 aliphatic carbocycles. The highest BCUT2D eigenvalue weighted by atomic mass is 79.9. The summed E-state index contributed by atoms with van der Waals surface area (Å²) in [6.07, 6.45) is 0. The van der Waals surface area contributed by atoms with Gasteiger partial charge in [-0.1, -0.05) is 31.9 Å². The van der Waals surface area contributed by atoms with E-state index in [1.54, 1.807) is 30.3 Å². The maximum absolute atomic E-state index is 11.6. The van der Waals surface area contributed by atoms with Crippen LogP contribution in [-0.2, 0) is 0 Å². The minimum Gasteiger partial charge on any atom is -0.291 e. The van der Waals surface area contributed by atoms with Gasteiger partial charge in [-0.15, -0.1) is 0 Å². The van der Waals surface area contributed by atoms with Crippen LogP contribution in [0.15, 0.2) is 27.1 Å². The van der Waals surface area contributed by atoms with E-state index in [0.717, 1.165) is 4.47 Å². The number of benzene rings is 1. The van der Waals surface area contributed by atoms with Gasteiger partial charge in [0.1, 0.15) is 0 Å². The summed E-state index contributed by atoms with van der Waals surface area (Å²) in [6, 6.07) is 8.24. The summed E-state index contributed by atoms with van der Waals surface area (Å²) >= 11 is 6.45. The Bertz CT molecular complexity index is 471. The van der Waals surface area contributed by atoms with Gasteiger partial charge in [0.2, 0.25) is 0 Å². The molecule has 0 saturated heterocycles. The first-order chi connectivity index (χ1) is 7.10. The van der Waals surface area contributed by atoms with Gasteiger partial charge in [0.05, 0.1) is 12.1 Å². The fourth-order valence-corrected chi connectivity index (χ4v) is 2.23. The molecular formula is C10H4Br2N2O. The molecule has 0 aliphatic heterocycles. The van der Waals surface area contributed by atoms with E-state index < -0.39 is 11.7 Å². The van der Waals surface area contributed by atoms with E-state index >= 15 is 0 Å². The Morgan fingerprint density at radius 1 is 1.27 bits per heavy atom. The van der Waals surface area contributed by atoms with Crippen LogP contribution in [-0.4, -0.2) is 5.78 Å². The molecule has 74 valence electrons. The highest BCUT2D eigenvalue weighted by Crippen LogP contribution is 2.24. The molecule has 0 radical (unpaired) electrons. The maximum atomic E-state index is 11.6. The van der Waals surface area contributed by atoms with Crippen molar-refractivity contribution in [2.45, 2.75) is 0 Å². The summed E-state index contributed by atoms with van der Waals surface area (Å²) in [4.78, 5) is 11.6. The lowest BCUT2D eigenvalue weighted by atomic mass is 10.0. The minimum atomic E-state index is -1.25. The predicted molar refractivity (Wildman–Crippen MR) is 60.9 cm³/mol. The van der Waals surface area contributed by atoms with Crippen LogP contribution in [0.1, 0.15) is 10.4 Å². The normalized spacial score (nSPS) is 9.40. The first-order valence-electron chi connectivity index (χ1n) is 3.88. The van der Waals surface area contributed by atoms with E-state index in [2.05, 4.69) is 31.9 Å². The molecular weight excluding hydrogens is 324 g/mol. The van der Waals surface area contributed by atoms with Gasteiger partial charge in [-0.3, -0.25) is 4.79 Å². The van der Waals surface area contributed by atoms with Crippen LogP contribution in [0.2, 0.25) is 0 Å². The smallest absolute Gasteiger partial charge is 0.195 e. The third-order valence-electron chi connectivity index (χ3n) is 1.72. The van der Waals surface area contributed by atoms with E-state index in [4.69, 9.17) is 10.5 Å². The van der Waals surface area contributed by atoms with Crippen molar-refractivity contribution < 1.29 is 4.79 Å². The number of Topliss-reactive ketones (excluding diaryl/α,β-unsaturated/α-hetero) is 1. The van der Waals surface area contributed by atoms with Gasteiger partial charge < -0.3 is 0 Å². The molecule has 5 heteroatoms. The average molecular weight is 328 g/mol. The largest absolute Gasteiger partial charge is 0.291 e. The highest BCUT2D eigenvalue weighted by molar-refractivity contribution is 9.11. The van der Waals surface area contributed by atoms with Crippen LogP contribution in [0, 0.1) is 28.6 Å². The van der Waals surface area contributed by atoms with Crippen molar-refractivity contribution in [3.63, 3.8) is 0 Å². The lowest BCUT2D eigenvalue weighted by Crippen LogP contribution is -2.11. The fraction of sp³-hybridized carbons (Fsp3) is 0.100. The number of carbonyl (C=O) groups is 1. The molecule has 0 unspecified atom stereocenters. The van der Waals surface area contributed by atoms with Gasteiger partial charge >= 0.3 is 0 Å². The summed E-state index contributed by atoms with van der Waals surface area (Å²) in [5.74, 6) is -1.73. The van der Waals surface area contributed by atoms with Crippen LogP contribution >= 0.6 is 31.9 Å². The summed E-state index contributed by atoms with van der Waals surface area (Å²) < 4.78 is 1.38. The van der Waals surface area contributed by atoms with Crippen molar-refractivity contribution in [1.82, 2.24) is 0 Å². The summed E-state index contributed by atoms with van der Waals surface area (Å²) in [5.41, 5.74) is 0.339. The Morgan fingerprint density at radius 2 is 1.87 bits per heavy atom. The number of nitrogens with zero attached hydrogens (tertiary/aromatic N) is 2. The topological polar surface area (TPSA) is 64.7 Å². The minimum absolute atomic E-state index is 0.339. The summed E-state index contributed by atoms with van der Waals surface area (Å²) in [5, 5.41) is 17.2. The lowest BCUT2D eigenvalue weighted by Gasteiger charge is -2.03. The van der Waals surface area contributed by atoms with Crippen molar-refractivity contribution in [2.75, 3.05) is 0 Å². The van der Waals surface area contributed by atoms with E-state index in [9.17, 15) is 4.79 Å². The summed E-state index contributed by atoms with van der Waals surface area (Å²) in [7, 11) is 0. The molecule has 0 N–H and O–H groups in total. The summed E-state index contributed by atoms with van der Waals surface area (Å²) in [6.45, 7) is 0. The van der Waals surface area contributed by atoms with Crippen molar-refractivity contribution in [3.8, 4) is 12.1 Å². The molecule has 0 aliphatic rings. The Kier molecular flexibility index (Phi) is 4.02. The Balaban J connectivity index is 3.14. The molecule has 0 amide bonds. The standard InChI is InChI=1S/C10H4Br2N2O/c11-7-1-2-8(9(12)3-7)10(15)6(4-13)5-14/h1-3,6H. The van der Waals surface area contributed by atoms with Gasteiger partial charge in [-0.05, 0) is 18.2 Å². The Morgan fingerprint density at radius 3 is 2.33 bits per heavy atom. The highest BCUT2D eigenvalue weighted by Gasteiger charge is 2.20. The molecule has 0 bridgehead atoms. The van der Waals surface area contributed by atoms with Crippen molar-refractivity contribution >= 4 is 37.6 Å². The maximum Gasteiger partial charge on any atom is 0.195 e. The Labute approximate surface area is 104 Å². The predicted octanol–water partition coefficient (Wildman–Crippen LogP) is 3.06. The first-order valence-corrected chi connectivity index (χ1v) is 5.47. The number of carbonyl (C=O) groups excluding carboxylic acids is 1. The molecule has 0 spiro atoms. The van der Waals surface area contributed by atoms with E-state index in [1.807, 2.05) is 0 Å². The third kappa shape index (κ3) is 2.65. The van der Waals surface area contributed by atoms with Gasteiger partial charge in [0.25, 0.3) is 0 Å². The van der Waals surface area contributed by atoms with Crippen LogP contribution in [0.25, 0.3) is 0 Å². The van der Waals surface area contributed by atoms with Gasteiger partial charge in [0.15, 0.2) is 11.7 Å². The van der Waals surface area contributed by atoms with Crippen LogP contribution in [0.4, 0.5) is 0 Å². The van der Waals surface area contributed by atoms with Crippen LogP contribution in [0.3, 0.4) is 0 Å². The number of hydrogen-bond donors (Lipinski definition) is 0. The van der Waals surface area contributed by atoms with Crippen LogP contribution in [0.5, 0.6) is 0 Å². The quantitative estimate of drug-likeness (QED) is 0.784. The third-order valence-corrected chi connectivity index (χ3v) is 2.87. The zero-order chi connectivity index (χ0) is 11.4. The first kappa shape index (κ1) is 11.9. The molecule has 1 rings (SSSR count). The van der Waals surface area contributed by atoms with E-state index in [0.29, 0.717) is 10.0 Å². The van der Waals surface area contributed by atoms with Gasteiger partial charge in [-0.2, -0.15) is 10.5 Å². The second-order valence-electron chi connectivity index (χ2n) is 2.68. The molecule has 0 heterocycles. The lowest BCUT2D eigenvalue weighted by molar-refractivity contribution is 0.0970. The molecule has 0 saturated carbocycles. The van der Waals surface area contributed by atoms with Crippen LogP contribution < -0.4 is 0 Å². The van der Waals surface area contributed by atoms with E-state index in [1.165, 1.54) is 0 Å². The molecule has 1 aromatic carbocycles. The monoisotopic (exact) mass is 326 g/mol. The molecule has 1 aromatic rings. The second kappa shape index (κ2) is 5.06. The molecule has 3 nitrogen and oxygen atoms in total. The SMILES string of the molecule is N#CC(C#N)C(=O)c1ccc(Br)cc1Br. The zero-order valence-electron chi connectivity index (χ0n) is 7.37. The molecule has 0 aromatic heterocycles. The zero-order valence-corrected chi connectivity index (χ0v) is 10.5. The fourth-order valence-electron chi connectivity index (χ4n) is 0.991. The number of hydrogen-bond acceptors (Lipinski definition) is 3. The number of halogens is 2. The number of rotatable bonds is 2. The van der Waals surface area contributed by atoms with Crippen molar-refractivity contribution in [3.05, 3.63) is 32.7 Å². The van der Waals surface area contributed by atoms with Gasteiger partial charge in [-0.25, -0.2) is 0 Å². The van der Waals surface area contributed by atoms with Crippen molar-refractivity contribution in [2.24, 2.45) is 5.92 Å². The second-order valence-corrected chi connectivity index (χ2v) is 4.45. The molecule has 15 heavy (non-hydrogen) atoms. The molecule has 0 atom stereocenters. The average Bonchev–Trinajstić information content (AvgIpc) is 2.19. The van der Waals surface area contributed by atoms with E-state index in [-0.39, 0.29) is 0 Å². The number of ketones is 1. The molecule has 0 fully saturated rings. The van der Waals surface area contributed by atoms with Crippen molar-refractivity contribution in [1.29, 1.82) is 10.5 Å². The Hall–Kier alpha value is -1.17.